The van der Waals surface area contributed by atoms with Crippen LogP contribution >= 0.6 is 11.6 Å². The van der Waals surface area contributed by atoms with Gasteiger partial charge >= 0.3 is 6.03 Å². The number of halogens is 1. The van der Waals surface area contributed by atoms with E-state index < -0.39 is 6.03 Å². The molecule has 2 aromatic rings. The van der Waals surface area contributed by atoms with Crippen LogP contribution in [0.5, 0.6) is 0 Å². The van der Waals surface area contributed by atoms with E-state index in [0.717, 1.165) is 24.1 Å². The summed E-state index contributed by atoms with van der Waals surface area (Å²) < 4.78 is 0. The fourth-order valence-electron chi connectivity index (χ4n) is 4.85. The van der Waals surface area contributed by atoms with Gasteiger partial charge in [0.2, 0.25) is 0 Å². The highest BCUT2D eigenvalue weighted by molar-refractivity contribution is 6.30. The SMILES string of the molecule is CCN1c2ccc(/C=C3\NC(=O)N(Cc4ccc(Cl)cc4)C3=O)cc2C(C)CC1(C)C. The molecule has 0 spiro atoms. The molecular weight excluding hydrogens is 410 g/mol. The largest absolute Gasteiger partial charge is 0.366 e. The van der Waals surface area contributed by atoms with Crippen molar-refractivity contribution in [2.75, 3.05) is 11.4 Å². The number of hydrogen-bond donors (Lipinski definition) is 1. The summed E-state index contributed by atoms with van der Waals surface area (Å²) >= 11 is 5.92. The third kappa shape index (κ3) is 4.07. The molecule has 1 N–H and O–H groups in total. The van der Waals surface area contributed by atoms with Gasteiger partial charge in [0.1, 0.15) is 5.70 Å². The van der Waals surface area contributed by atoms with Crippen molar-refractivity contribution in [3.63, 3.8) is 0 Å². The highest BCUT2D eigenvalue weighted by Crippen LogP contribution is 2.43. The number of fused-ring (bicyclic) bond motifs is 1. The molecule has 162 valence electrons. The van der Waals surface area contributed by atoms with Crippen LogP contribution in [-0.4, -0.2) is 28.9 Å². The molecule has 1 fully saturated rings. The Morgan fingerprint density at radius 3 is 2.55 bits per heavy atom. The van der Waals surface area contributed by atoms with Crippen molar-refractivity contribution < 1.29 is 9.59 Å². The summed E-state index contributed by atoms with van der Waals surface area (Å²) in [6, 6.07) is 13.0. The summed E-state index contributed by atoms with van der Waals surface area (Å²) in [5, 5.41) is 3.34. The van der Waals surface area contributed by atoms with E-state index in [4.69, 9.17) is 11.6 Å². The summed E-state index contributed by atoms with van der Waals surface area (Å²) in [4.78, 5) is 28.9. The van der Waals surface area contributed by atoms with E-state index in [2.05, 4.69) is 50.0 Å². The quantitative estimate of drug-likeness (QED) is 0.504. The van der Waals surface area contributed by atoms with E-state index in [1.54, 1.807) is 18.2 Å². The zero-order chi connectivity index (χ0) is 22.3. The first-order valence-corrected chi connectivity index (χ1v) is 11.1. The van der Waals surface area contributed by atoms with Gasteiger partial charge in [-0.25, -0.2) is 4.79 Å². The second kappa shape index (κ2) is 8.04. The smallest absolute Gasteiger partial charge is 0.329 e. The van der Waals surface area contributed by atoms with E-state index in [9.17, 15) is 9.59 Å². The summed E-state index contributed by atoms with van der Waals surface area (Å²) in [5.41, 5.74) is 4.70. The molecule has 0 radical (unpaired) electrons. The minimum absolute atomic E-state index is 0.110. The molecule has 2 aromatic carbocycles. The summed E-state index contributed by atoms with van der Waals surface area (Å²) in [7, 11) is 0. The topological polar surface area (TPSA) is 52.7 Å². The zero-order valence-corrected chi connectivity index (χ0v) is 19.2. The van der Waals surface area contributed by atoms with Gasteiger partial charge < -0.3 is 10.2 Å². The first kappa shape index (κ1) is 21.4. The van der Waals surface area contributed by atoms with Crippen LogP contribution < -0.4 is 10.2 Å². The zero-order valence-electron chi connectivity index (χ0n) is 18.4. The number of rotatable bonds is 4. The van der Waals surface area contributed by atoms with Crippen LogP contribution in [0, 0.1) is 0 Å². The van der Waals surface area contributed by atoms with Crippen LogP contribution in [0.1, 0.15) is 56.7 Å². The van der Waals surface area contributed by atoms with E-state index in [1.807, 2.05) is 18.2 Å². The summed E-state index contributed by atoms with van der Waals surface area (Å²) in [6.07, 6.45) is 2.84. The molecule has 6 heteroatoms. The predicted octanol–water partition coefficient (Wildman–Crippen LogP) is 5.55. The van der Waals surface area contributed by atoms with Gasteiger partial charge in [-0.1, -0.05) is 36.7 Å². The Morgan fingerprint density at radius 1 is 1.16 bits per heavy atom. The average molecular weight is 438 g/mol. The predicted molar refractivity (Wildman–Crippen MR) is 125 cm³/mol. The first-order valence-electron chi connectivity index (χ1n) is 10.7. The van der Waals surface area contributed by atoms with Crippen LogP contribution in [-0.2, 0) is 11.3 Å². The van der Waals surface area contributed by atoms with Gasteiger partial charge in [-0.15, -0.1) is 0 Å². The lowest BCUT2D eigenvalue weighted by atomic mass is 9.79. The monoisotopic (exact) mass is 437 g/mol. The summed E-state index contributed by atoms with van der Waals surface area (Å²) in [6.45, 7) is 10.2. The number of carbonyl (C=O) groups is 2. The third-order valence-corrected chi connectivity index (χ3v) is 6.51. The van der Waals surface area contributed by atoms with Gasteiger partial charge in [-0.2, -0.15) is 0 Å². The van der Waals surface area contributed by atoms with Gasteiger partial charge in [0.15, 0.2) is 0 Å². The number of amides is 3. The Bertz CT molecular complexity index is 1060. The lowest BCUT2D eigenvalue weighted by molar-refractivity contribution is -0.123. The Balaban J connectivity index is 1.59. The highest BCUT2D eigenvalue weighted by atomic mass is 35.5. The molecule has 0 saturated carbocycles. The highest BCUT2D eigenvalue weighted by Gasteiger charge is 2.36. The Morgan fingerprint density at radius 2 is 1.87 bits per heavy atom. The molecule has 0 bridgehead atoms. The van der Waals surface area contributed by atoms with Crippen LogP contribution in [0.4, 0.5) is 10.5 Å². The number of imide groups is 1. The molecule has 2 aliphatic rings. The van der Waals surface area contributed by atoms with Crippen molar-refractivity contribution >= 4 is 35.3 Å². The number of benzene rings is 2. The molecule has 2 heterocycles. The van der Waals surface area contributed by atoms with E-state index in [1.165, 1.54) is 16.2 Å². The number of urea groups is 1. The molecule has 0 aromatic heterocycles. The molecule has 1 saturated heterocycles. The second-order valence-electron chi connectivity index (χ2n) is 8.99. The standard InChI is InChI=1S/C25H28ClN3O2/c1-5-29-22-11-8-18(12-20(22)16(2)14-25(29,3)4)13-21-23(30)28(24(31)27-21)15-17-6-9-19(26)10-7-17/h6-13,16H,5,14-15H2,1-4H3,(H,27,31)/b21-13-. The maximum atomic E-state index is 12.9. The van der Waals surface area contributed by atoms with E-state index in [-0.39, 0.29) is 18.0 Å². The van der Waals surface area contributed by atoms with Crippen molar-refractivity contribution in [3.05, 3.63) is 69.9 Å². The number of carbonyl (C=O) groups excluding carboxylic acids is 2. The molecular formula is C25H28ClN3O2. The van der Waals surface area contributed by atoms with Crippen LogP contribution in [0.25, 0.3) is 6.08 Å². The molecule has 1 unspecified atom stereocenters. The van der Waals surface area contributed by atoms with Crippen LogP contribution in [0.15, 0.2) is 48.2 Å². The molecule has 3 amide bonds. The minimum atomic E-state index is -0.406. The maximum Gasteiger partial charge on any atom is 0.329 e. The van der Waals surface area contributed by atoms with Gasteiger partial charge in [0.25, 0.3) is 5.91 Å². The Labute approximate surface area is 188 Å². The molecule has 31 heavy (non-hydrogen) atoms. The second-order valence-corrected chi connectivity index (χ2v) is 9.42. The molecule has 4 rings (SSSR count). The van der Waals surface area contributed by atoms with Crippen molar-refractivity contribution in [1.82, 2.24) is 10.2 Å². The minimum Gasteiger partial charge on any atom is -0.366 e. The lowest BCUT2D eigenvalue weighted by Gasteiger charge is -2.47. The number of hydrogen-bond acceptors (Lipinski definition) is 3. The average Bonchev–Trinajstić information content (AvgIpc) is 2.97. The van der Waals surface area contributed by atoms with Gasteiger partial charge in [-0.3, -0.25) is 9.69 Å². The maximum absolute atomic E-state index is 12.9. The fourth-order valence-corrected chi connectivity index (χ4v) is 4.98. The Kier molecular flexibility index (Phi) is 5.56. The summed E-state index contributed by atoms with van der Waals surface area (Å²) in [5.74, 6) is 0.100. The van der Waals surface area contributed by atoms with Crippen molar-refractivity contribution in [1.29, 1.82) is 0 Å². The van der Waals surface area contributed by atoms with Gasteiger partial charge in [-0.05, 0) is 80.1 Å². The van der Waals surface area contributed by atoms with Gasteiger partial charge in [0.05, 0.1) is 6.54 Å². The number of nitrogens with zero attached hydrogens (tertiary/aromatic N) is 2. The van der Waals surface area contributed by atoms with Gasteiger partial charge in [0, 0.05) is 22.8 Å². The van der Waals surface area contributed by atoms with Crippen molar-refractivity contribution in [3.8, 4) is 0 Å². The molecule has 5 nitrogen and oxygen atoms in total. The number of anilines is 1. The van der Waals surface area contributed by atoms with E-state index in [0.29, 0.717) is 16.6 Å². The van der Waals surface area contributed by atoms with E-state index >= 15 is 0 Å². The van der Waals surface area contributed by atoms with Crippen molar-refractivity contribution in [2.24, 2.45) is 0 Å². The van der Waals surface area contributed by atoms with Crippen LogP contribution in [0.2, 0.25) is 5.02 Å². The van der Waals surface area contributed by atoms with Crippen LogP contribution in [0.3, 0.4) is 0 Å². The first-order chi connectivity index (χ1) is 14.7. The lowest BCUT2D eigenvalue weighted by Crippen LogP contribution is -2.48. The molecule has 0 aliphatic carbocycles. The molecule has 2 aliphatic heterocycles. The number of nitrogens with one attached hydrogen (secondary N) is 1. The third-order valence-electron chi connectivity index (χ3n) is 6.25. The molecule has 1 atom stereocenters. The van der Waals surface area contributed by atoms with Crippen molar-refractivity contribution in [2.45, 2.75) is 52.1 Å². The fraction of sp³-hybridized carbons (Fsp3) is 0.360. The Hall–Kier alpha value is -2.79. The normalized spacial score (nSPS) is 21.5.